The van der Waals surface area contributed by atoms with Crippen molar-refractivity contribution in [1.82, 2.24) is 19.5 Å². The molecule has 5 heteroatoms. The molecule has 12 rings (SSSR count). The van der Waals surface area contributed by atoms with Crippen molar-refractivity contribution in [1.29, 1.82) is 0 Å². The SMILES string of the molecule is [2H]c1c([2H])c([2H])c(-c2nc(-c3ccc4c(c3)C(C)(C)c3ccccc3-4)nc(-c3cc(-n4c5ccccc5c5ccccc54)cc4c3oc3ccc(-c5ccccc5)cc34)n2)c([2H])c1[2H]. The monoisotopic (exact) mass is 761 g/mol. The van der Waals surface area contributed by atoms with E-state index in [1.807, 2.05) is 60.7 Å². The van der Waals surface area contributed by atoms with E-state index in [4.69, 9.17) is 26.2 Å². The van der Waals surface area contributed by atoms with Gasteiger partial charge >= 0.3 is 0 Å². The van der Waals surface area contributed by atoms with Crippen LogP contribution in [0.5, 0.6) is 0 Å². The summed E-state index contributed by atoms with van der Waals surface area (Å²) in [6.45, 7) is 4.42. The van der Waals surface area contributed by atoms with Gasteiger partial charge in [0.25, 0.3) is 0 Å². The van der Waals surface area contributed by atoms with Crippen LogP contribution >= 0.6 is 0 Å². The first-order valence-corrected chi connectivity index (χ1v) is 19.7. The largest absolute Gasteiger partial charge is 0.455 e. The van der Waals surface area contributed by atoms with Gasteiger partial charge in [0, 0.05) is 43.8 Å². The van der Waals surface area contributed by atoms with E-state index >= 15 is 0 Å². The van der Waals surface area contributed by atoms with Crippen LogP contribution in [-0.2, 0) is 5.41 Å². The summed E-state index contributed by atoms with van der Waals surface area (Å²) in [6, 6.07) is 49.6. The van der Waals surface area contributed by atoms with Crippen molar-refractivity contribution in [2.45, 2.75) is 19.3 Å². The highest BCUT2D eigenvalue weighted by molar-refractivity contribution is 6.13. The van der Waals surface area contributed by atoms with Crippen molar-refractivity contribution < 1.29 is 11.3 Å². The van der Waals surface area contributed by atoms with Crippen LogP contribution < -0.4 is 0 Å². The average Bonchev–Trinajstić information content (AvgIpc) is 3.95. The highest BCUT2D eigenvalue weighted by atomic mass is 16.3. The van der Waals surface area contributed by atoms with Crippen LogP contribution in [0.4, 0.5) is 0 Å². The van der Waals surface area contributed by atoms with Gasteiger partial charge in [-0.25, -0.2) is 15.0 Å². The molecule has 59 heavy (non-hydrogen) atoms. The van der Waals surface area contributed by atoms with Crippen LogP contribution in [-0.4, -0.2) is 19.5 Å². The molecule has 3 heterocycles. The summed E-state index contributed by atoms with van der Waals surface area (Å²) in [6.07, 6.45) is 0. The molecule has 0 bridgehead atoms. The van der Waals surface area contributed by atoms with Crippen molar-refractivity contribution in [2.24, 2.45) is 0 Å². The van der Waals surface area contributed by atoms with Crippen LogP contribution in [0.15, 0.2) is 186 Å². The maximum absolute atomic E-state index is 9.03. The van der Waals surface area contributed by atoms with Crippen LogP contribution in [0.1, 0.15) is 31.8 Å². The maximum Gasteiger partial charge on any atom is 0.167 e. The summed E-state index contributed by atoms with van der Waals surface area (Å²) < 4.78 is 52.7. The first-order chi connectivity index (χ1) is 31.1. The first kappa shape index (κ1) is 28.7. The Balaban J connectivity index is 1.18. The lowest BCUT2D eigenvalue weighted by molar-refractivity contribution is 0.660. The van der Waals surface area contributed by atoms with Crippen LogP contribution in [0.3, 0.4) is 0 Å². The van der Waals surface area contributed by atoms with Gasteiger partial charge in [-0.05, 0) is 75.8 Å². The van der Waals surface area contributed by atoms with Crippen molar-refractivity contribution in [3.63, 3.8) is 0 Å². The summed E-state index contributed by atoms with van der Waals surface area (Å²) in [5.41, 5.74) is 11.7. The standard InChI is InChI=1S/C54H36N4O/c1-54(2)45-22-12-9-19-38(45)39-27-25-36(30-46(39)54)52-55-51(34-17-7-4-8-18-34)56-53(57-52)44-32-37(58-47-23-13-10-20-40(47)41-21-11-14-24-48(41)58)31-43-42-29-35(33-15-5-3-6-16-33)26-28-49(42)59-50(43)44/h3-32H,1-2H3/i4D,7D,8D,17D,18D. The van der Waals surface area contributed by atoms with E-state index in [0.717, 1.165) is 60.5 Å². The molecule has 0 amide bonds. The second kappa shape index (κ2) is 12.7. The van der Waals surface area contributed by atoms with E-state index < -0.39 is 30.2 Å². The lowest BCUT2D eigenvalue weighted by Gasteiger charge is -2.21. The first-order valence-electron chi connectivity index (χ1n) is 22.2. The molecule has 0 saturated heterocycles. The Morgan fingerprint density at radius 3 is 1.90 bits per heavy atom. The van der Waals surface area contributed by atoms with E-state index in [-0.39, 0.29) is 22.6 Å². The lowest BCUT2D eigenvalue weighted by atomic mass is 9.82. The summed E-state index contributed by atoms with van der Waals surface area (Å²) in [7, 11) is 0. The lowest BCUT2D eigenvalue weighted by Crippen LogP contribution is -2.15. The number of furan rings is 1. The number of rotatable bonds is 5. The highest BCUT2D eigenvalue weighted by Gasteiger charge is 2.35. The number of hydrogen-bond donors (Lipinski definition) is 0. The predicted molar refractivity (Wildman–Crippen MR) is 241 cm³/mol. The Hall–Kier alpha value is -7.63. The minimum atomic E-state index is -0.494. The van der Waals surface area contributed by atoms with Crippen LogP contribution in [0.25, 0.3) is 106 Å². The van der Waals surface area contributed by atoms with E-state index in [9.17, 15) is 0 Å². The quantitative estimate of drug-likeness (QED) is 0.175. The van der Waals surface area contributed by atoms with E-state index in [0.29, 0.717) is 28.1 Å². The zero-order chi connectivity index (χ0) is 43.6. The Kier molecular flexibility index (Phi) is 6.18. The molecule has 3 aromatic heterocycles. The normalized spacial score (nSPS) is 14.2. The summed E-state index contributed by atoms with van der Waals surface area (Å²) in [4.78, 5) is 15.2. The minimum absolute atomic E-state index is 0.0436. The molecule has 0 spiro atoms. The van der Waals surface area contributed by atoms with E-state index in [1.54, 1.807) is 0 Å². The molecule has 1 aliphatic carbocycles. The summed E-state index contributed by atoms with van der Waals surface area (Å²) in [5, 5.41) is 3.96. The fraction of sp³-hybridized carbons (Fsp3) is 0.0556. The van der Waals surface area contributed by atoms with Gasteiger partial charge < -0.3 is 8.98 Å². The predicted octanol–water partition coefficient (Wildman–Crippen LogP) is 13.8. The van der Waals surface area contributed by atoms with Gasteiger partial charge in [-0.1, -0.05) is 153 Å². The molecular formula is C54H36N4O. The molecule has 0 saturated carbocycles. The molecule has 8 aromatic carbocycles. The van der Waals surface area contributed by atoms with Gasteiger partial charge in [-0.15, -0.1) is 0 Å². The molecule has 0 atom stereocenters. The van der Waals surface area contributed by atoms with Gasteiger partial charge in [0.2, 0.25) is 0 Å². The third kappa shape index (κ3) is 5.14. The van der Waals surface area contributed by atoms with Crippen molar-refractivity contribution in [2.75, 3.05) is 0 Å². The van der Waals surface area contributed by atoms with Gasteiger partial charge in [0.15, 0.2) is 17.5 Å². The van der Waals surface area contributed by atoms with Crippen molar-refractivity contribution in [3.8, 4) is 62.1 Å². The second-order valence-corrected chi connectivity index (χ2v) is 15.7. The zero-order valence-corrected chi connectivity index (χ0v) is 32.1. The Morgan fingerprint density at radius 2 is 1.12 bits per heavy atom. The van der Waals surface area contributed by atoms with Crippen molar-refractivity contribution in [3.05, 3.63) is 193 Å². The van der Waals surface area contributed by atoms with Gasteiger partial charge in [0.1, 0.15) is 11.2 Å². The number of para-hydroxylation sites is 2. The summed E-state index contributed by atoms with van der Waals surface area (Å²) in [5.74, 6) is 0.474. The third-order valence-corrected chi connectivity index (χ3v) is 11.9. The van der Waals surface area contributed by atoms with E-state index in [2.05, 4.69) is 109 Å². The molecule has 0 fully saturated rings. The fourth-order valence-corrected chi connectivity index (χ4v) is 9.11. The Labute approximate surface area is 347 Å². The number of fused-ring (bicyclic) bond motifs is 9. The number of hydrogen-bond acceptors (Lipinski definition) is 4. The van der Waals surface area contributed by atoms with Gasteiger partial charge in [0.05, 0.1) is 23.5 Å². The van der Waals surface area contributed by atoms with Gasteiger partial charge in [-0.2, -0.15) is 0 Å². The molecule has 0 aliphatic heterocycles. The number of aromatic nitrogens is 4. The van der Waals surface area contributed by atoms with Crippen LogP contribution in [0, 0.1) is 0 Å². The average molecular weight is 762 g/mol. The molecule has 5 nitrogen and oxygen atoms in total. The molecule has 11 aromatic rings. The molecule has 278 valence electrons. The number of benzene rings is 8. The maximum atomic E-state index is 9.03. The topological polar surface area (TPSA) is 56.7 Å². The van der Waals surface area contributed by atoms with Crippen LogP contribution in [0.2, 0.25) is 0 Å². The number of nitrogens with zero attached hydrogens (tertiary/aromatic N) is 4. The molecule has 0 unspecified atom stereocenters. The molecule has 1 aliphatic rings. The Morgan fingerprint density at radius 1 is 0.475 bits per heavy atom. The minimum Gasteiger partial charge on any atom is -0.455 e. The summed E-state index contributed by atoms with van der Waals surface area (Å²) >= 11 is 0. The molecule has 0 N–H and O–H groups in total. The zero-order valence-electron chi connectivity index (χ0n) is 37.1. The Bertz CT molecular complexity index is 3700. The molecule has 0 radical (unpaired) electrons. The van der Waals surface area contributed by atoms with Gasteiger partial charge in [-0.3, -0.25) is 0 Å². The second-order valence-electron chi connectivity index (χ2n) is 15.7. The highest BCUT2D eigenvalue weighted by Crippen LogP contribution is 2.49. The molecular weight excluding hydrogens is 721 g/mol. The van der Waals surface area contributed by atoms with Crippen molar-refractivity contribution >= 4 is 43.7 Å². The third-order valence-electron chi connectivity index (χ3n) is 11.9. The van der Waals surface area contributed by atoms with E-state index in [1.165, 1.54) is 11.1 Å². The fourth-order valence-electron chi connectivity index (χ4n) is 9.11. The smallest absolute Gasteiger partial charge is 0.167 e.